The Morgan fingerprint density at radius 3 is 2.35 bits per heavy atom. The molecule has 0 atom stereocenters. The van der Waals surface area contributed by atoms with E-state index in [2.05, 4.69) is 54.5 Å². The normalized spacial score (nSPS) is 16.4. The van der Waals surface area contributed by atoms with Gasteiger partial charge in [0, 0.05) is 0 Å². The summed E-state index contributed by atoms with van der Waals surface area (Å²) in [6.07, 6.45) is 5.60. The van der Waals surface area contributed by atoms with Gasteiger partial charge in [-0.05, 0) is 95.5 Å². The lowest BCUT2D eigenvalue weighted by Gasteiger charge is -2.36. The predicted molar refractivity (Wildman–Crippen MR) is 86.8 cm³/mol. The molecule has 0 aromatic heterocycles. The Morgan fingerprint density at radius 2 is 1.75 bits per heavy atom. The number of hydrogen-bond acceptors (Lipinski definition) is 1. The van der Waals surface area contributed by atoms with Gasteiger partial charge in [0.05, 0.1) is 0 Å². The molecule has 0 spiro atoms. The van der Waals surface area contributed by atoms with E-state index in [1.165, 1.54) is 33.4 Å². The van der Waals surface area contributed by atoms with Crippen LogP contribution in [0.3, 0.4) is 0 Å². The first-order valence-corrected chi connectivity index (χ1v) is 7.67. The molecule has 0 unspecified atom stereocenters. The average Bonchev–Trinajstić information content (AvgIpc) is 2.36. The van der Waals surface area contributed by atoms with Crippen LogP contribution in [0.25, 0.3) is 0 Å². The van der Waals surface area contributed by atoms with Crippen molar-refractivity contribution in [3.63, 3.8) is 0 Å². The summed E-state index contributed by atoms with van der Waals surface area (Å²) in [6, 6.07) is 0. The van der Waals surface area contributed by atoms with Crippen molar-refractivity contribution in [3.05, 3.63) is 39.5 Å². The Labute approximate surface area is 124 Å². The van der Waals surface area contributed by atoms with Crippen molar-refractivity contribution in [2.24, 2.45) is 0 Å². The van der Waals surface area contributed by atoms with Gasteiger partial charge in [-0.3, -0.25) is 0 Å². The zero-order valence-corrected chi connectivity index (χ0v) is 14.1. The highest BCUT2D eigenvalue weighted by atomic mass is 16.5. The monoisotopic (exact) mass is 272 g/mol. The second-order valence-electron chi connectivity index (χ2n) is 7.01. The minimum atomic E-state index is -0.0345. The van der Waals surface area contributed by atoms with E-state index >= 15 is 0 Å². The van der Waals surface area contributed by atoms with Crippen molar-refractivity contribution >= 4 is 0 Å². The molecule has 0 amide bonds. The highest BCUT2D eigenvalue weighted by molar-refractivity contribution is 5.56. The molecule has 0 bridgehead atoms. The van der Waals surface area contributed by atoms with Crippen LogP contribution < -0.4 is 4.74 Å². The van der Waals surface area contributed by atoms with Crippen molar-refractivity contribution in [3.8, 4) is 5.75 Å². The molecule has 0 N–H and O–H groups in total. The van der Waals surface area contributed by atoms with Crippen LogP contribution in [0.4, 0.5) is 0 Å². The smallest absolute Gasteiger partial charge is 0.126 e. The summed E-state index contributed by atoms with van der Waals surface area (Å²) < 4.78 is 6.31. The highest BCUT2D eigenvalue weighted by Crippen LogP contribution is 2.41. The summed E-state index contributed by atoms with van der Waals surface area (Å²) in [4.78, 5) is 0. The maximum absolute atomic E-state index is 6.31. The van der Waals surface area contributed by atoms with Gasteiger partial charge in [0.25, 0.3) is 0 Å². The predicted octanol–water partition coefficient (Wildman–Crippen LogP) is 5.22. The molecule has 0 fully saturated rings. The summed E-state index contributed by atoms with van der Waals surface area (Å²) in [7, 11) is 0. The van der Waals surface area contributed by atoms with Crippen molar-refractivity contribution in [2.75, 3.05) is 0 Å². The molecule has 1 aliphatic heterocycles. The molecule has 2 rings (SSSR count). The van der Waals surface area contributed by atoms with Crippen molar-refractivity contribution in [1.29, 1.82) is 0 Å². The highest BCUT2D eigenvalue weighted by Gasteiger charge is 2.30. The Balaban J connectivity index is 2.58. The van der Waals surface area contributed by atoms with Crippen LogP contribution in [-0.2, 0) is 12.8 Å². The lowest BCUT2D eigenvalue weighted by Crippen LogP contribution is -2.33. The topological polar surface area (TPSA) is 9.23 Å². The average molecular weight is 272 g/mol. The van der Waals surface area contributed by atoms with Crippen LogP contribution in [-0.4, -0.2) is 5.60 Å². The van der Waals surface area contributed by atoms with Crippen molar-refractivity contribution in [2.45, 2.75) is 73.3 Å². The van der Waals surface area contributed by atoms with Crippen molar-refractivity contribution < 1.29 is 4.74 Å². The van der Waals surface area contributed by atoms with Crippen LogP contribution in [0.5, 0.6) is 5.75 Å². The van der Waals surface area contributed by atoms with Gasteiger partial charge in [-0.1, -0.05) is 11.6 Å². The maximum atomic E-state index is 6.31. The molecular formula is C19H28O. The molecule has 1 aromatic rings. The van der Waals surface area contributed by atoms with Gasteiger partial charge in [0.1, 0.15) is 11.4 Å². The zero-order chi connectivity index (χ0) is 15.1. The van der Waals surface area contributed by atoms with E-state index < -0.39 is 0 Å². The van der Waals surface area contributed by atoms with E-state index in [4.69, 9.17) is 4.74 Å². The summed E-state index contributed by atoms with van der Waals surface area (Å²) in [6.45, 7) is 15.4. The molecule has 1 heteroatoms. The first-order chi connectivity index (χ1) is 9.23. The second kappa shape index (κ2) is 5.27. The van der Waals surface area contributed by atoms with Gasteiger partial charge in [-0.15, -0.1) is 0 Å². The van der Waals surface area contributed by atoms with Crippen LogP contribution >= 0.6 is 0 Å². The molecular weight excluding hydrogens is 244 g/mol. The molecule has 0 saturated heterocycles. The Kier molecular flexibility index (Phi) is 4.00. The number of ether oxygens (including phenoxy) is 1. The first kappa shape index (κ1) is 15.2. The molecule has 1 aliphatic rings. The Bertz CT molecular complexity index is 558. The van der Waals surface area contributed by atoms with E-state index in [1.807, 2.05) is 0 Å². The number of rotatable bonds is 2. The molecule has 1 aromatic carbocycles. The lowest BCUT2D eigenvalue weighted by molar-refractivity contribution is 0.0832. The zero-order valence-electron chi connectivity index (χ0n) is 14.1. The molecule has 110 valence electrons. The van der Waals surface area contributed by atoms with Gasteiger partial charge in [-0.2, -0.15) is 0 Å². The van der Waals surface area contributed by atoms with E-state index in [9.17, 15) is 0 Å². The van der Waals surface area contributed by atoms with Crippen LogP contribution in [0.2, 0.25) is 0 Å². The Hall–Kier alpha value is -1.24. The minimum absolute atomic E-state index is 0.0345. The summed E-state index contributed by atoms with van der Waals surface area (Å²) in [5.74, 6) is 1.15. The molecule has 0 saturated carbocycles. The second-order valence-corrected chi connectivity index (χ2v) is 7.01. The number of fused-ring (bicyclic) bond motifs is 1. The van der Waals surface area contributed by atoms with E-state index in [0.29, 0.717) is 0 Å². The van der Waals surface area contributed by atoms with Crippen LogP contribution in [0.1, 0.15) is 61.9 Å². The SMILES string of the molecule is CC(C)=CCc1c(C)c(C)c(C)c2c1CCC(C)(C)O2. The van der Waals surface area contributed by atoms with Crippen LogP contribution in [0, 0.1) is 20.8 Å². The fourth-order valence-electron chi connectivity index (χ4n) is 3.01. The number of hydrogen-bond donors (Lipinski definition) is 0. The molecule has 0 aliphatic carbocycles. The fraction of sp³-hybridized carbons (Fsp3) is 0.579. The third kappa shape index (κ3) is 2.77. The van der Waals surface area contributed by atoms with Crippen LogP contribution in [0.15, 0.2) is 11.6 Å². The van der Waals surface area contributed by atoms with E-state index in [1.54, 1.807) is 0 Å². The van der Waals surface area contributed by atoms with Gasteiger partial charge >= 0.3 is 0 Å². The van der Waals surface area contributed by atoms with Gasteiger partial charge in [0.2, 0.25) is 0 Å². The molecule has 0 radical (unpaired) electrons. The molecule has 1 nitrogen and oxygen atoms in total. The quantitative estimate of drug-likeness (QED) is 0.670. The number of benzene rings is 1. The third-order valence-corrected chi connectivity index (χ3v) is 4.63. The minimum Gasteiger partial charge on any atom is -0.487 e. The summed E-state index contributed by atoms with van der Waals surface area (Å²) >= 11 is 0. The largest absolute Gasteiger partial charge is 0.487 e. The van der Waals surface area contributed by atoms with Gasteiger partial charge in [0.15, 0.2) is 0 Å². The van der Waals surface area contributed by atoms with E-state index in [-0.39, 0.29) is 5.60 Å². The Morgan fingerprint density at radius 1 is 1.10 bits per heavy atom. The first-order valence-electron chi connectivity index (χ1n) is 7.67. The van der Waals surface area contributed by atoms with Gasteiger partial charge < -0.3 is 4.74 Å². The third-order valence-electron chi connectivity index (χ3n) is 4.63. The van der Waals surface area contributed by atoms with Gasteiger partial charge in [-0.25, -0.2) is 0 Å². The molecule has 1 heterocycles. The number of allylic oxidation sites excluding steroid dienone is 2. The summed E-state index contributed by atoms with van der Waals surface area (Å²) in [5.41, 5.74) is 8.44. The lowest BCUT2D eigenvalue weighted by atomic mass is 9.84. The van der Waals surface area contributed by atoms with E-state index in [0.717, 1.165) is 25.0 Å². The molecule has 20 heavy (non-hydrogen) atoms. The standard InChI is InChI=1S/C19H28O/c1-12(2)8-9-16-14(4)13(3)15(5)18-17(16)10-11-19(6,7)20-18/h8H,9-11H2,1-7H3. The van der Waals surface area contributed by atoms with Crippen molar-refractivity contribution in [1.82, 2.24) is 0 Å². The maximum Gasteiger partial charge on any atom is 0.126 e. The summed E-state index contributed by atoms with van der Waals surface area (Å²) in [5, 5.41) is 0. The fourth-order valence-corrected chi connectivity index (χ4v) is 3.01.